The topological polar surface area (TPSA) is 78.9 Å². The molecule has 0 saturated carbocycles. The smallest absolute Gasteiger partial charge is 0.268 e. The van der Waals surface area contributed by atoms with Gasteiger partial charge in [0.05, 0.1) is 18.5 Å². The molecule has 4 rings (SSSR count). The number of hydrogen-bond acceptors (Lipinski definition) is 4. The van der Waals surface area contributed by atoms with E-state index in [1.54, 1.807) is 60.7 Å². The Balaban J connectivity index is 1.66. The molecule has 0 spiro atoms. The van der Waals surface area contributed by atoms with Crippen molar-refractivity contribution in [2.75, 3.05) is 23.9 Å². The Morgan fingerprint density at radius 2 is 1.90 bits per heavy atom. The van der Waals surface area contributed by atoms with E-state index >= 15 is 0 Å². The number of amides is 2. The van der Waals surface area contributed by atoms with Crippen LogP contribution in [-0.4, -0.2) is 30.6 Å². The van der Waals surface area contributed by atoms with Gasteiger partial charge in [-0.3, -0.25) is 14.5 Å². The molecule has 0 unspecified atom stereocenters. The number of carbonyl (C=O) groups excluding carboxylic acids is 2. The summed E-state index contributed by atoms with van der Waals surface area (Å²) in [6.45, 7) is 1.61. The third-order valence-corrected chi connectivity index (χ3v) is 5.55. The molecule has 158 valence electrons. The number of aliphatic hydroxyl groups is 1. The van der Waals surface area contributed by atoms with E-state index in [9.17, 15) is 14.7 Å². The molecule has 1 heterocycles. The van der Waals surface area contributed by atoms with Gasteiger partial charge in [0, 0.05) is 10.6 Å². The first-order valence-electron chi connectivity index (χ1n) is 9.69. The van der Waals surface area contributed by atoms with Crippen molar-refractivity contribution in [3.8, 4) is 5.75 Å². The van der Waals surface area contributed by atoms with E-state index in [1.807, 2.05) is 13.0 Å². The Kier molecular flexibility index (Phi) is 5.43. The number of nitrogens with zero attached hydrogens (tertiary/aromatic N) is 1. The van der Waals surface area contributed by atoms with Crippen molar-refractivity contribution in [1.82, 2.24) is 0 Å². The molecule has 2 amide bonds. The van der Waals surface area contributed by atoms with Crippen molar-refractivity contribution in [1.29, 1.82) is 0 Å². The van der Waals surface area contributed by atoms with E-state index < -0.39 is 17.4 Å². The van der Waals surface area contributed by atoms with Crippen LogP contribution in [0.5, 0.6) is 5.75 Å². The number of rotatable bonds is 5. The third-order valence-electron chi connectivity index (χ3n) is 5.31. The molecule has 0 aliphatic carbocycles. The molecule has 6 nitrogen and oxygen atoms in total. The molecule has 31 heavy (non-hydrogen) atoms. The average molecular weight is 437 g/mol. The fourth-order valence-electron chi connectivity index (χ4n) is 3.85. The van der Waals surface area contributed by atoms with Crippen LogP contribution in [0, 0.1) is 6.92 Å². The molecule has 0 radical (unpaired) electrons. The summed E-state index contributed by atoms with van der Waals surface area (Å²) in [4.78, 5) is 27.5. The molecule has 1 aliphatic heterocycles. The Bertz CT molecular complexity index is 1180. The number of methoxy groups -OCH3 is 1. The van der Waals surface area contributed by atoms with Crippen molar-refractivity contribution in [2.45, 2.75) is 12.5 Å². The summed E-state index contributed by atoms with van der Waals surface area (Å²) in [6, 6.07) is 19.0. The van der Waals surface area contributed by atoms with Crippen LogP contribution in [0.3, 0.4) is 0 Å². The predicted molar refractivity (Wildman–Crippen MR) is 120 cm³/mol. The highest BCUT2D eigenvalue weighted by atomic mass is 35.5. The van der Waals surface area contributed by atoms with E-state index in [-0.39, 0.29) is 6.54 Å². The van der Waals surface area contributed by atoms with Gasteiger partial charge in [-0.15, -0.1) is 0 Å². The highest BCUT2D eigenvalue weighted by Gasteiger charge is 2.51. The standard InChI is InChI=1S/C24H21ClN2O4/c1-15-6-5-7-16(12-15)24(30)18-8-3-4-9-20(18)27(23(24)29)14-22(28)26-19-13-17(25)10-11-21(19)31-2/h3-13,30H,14H2,1-2H3,(H,26,28)/t24-/m1/s1. The molecule has 0 fully saturated rings. The number of ether oxygens (including phenoxy) is 1. The fraction of sp³-hybridized carbons (Fsp3) is 0.167. The first kappa shape index (κ1) is 20.9. The van der Waals surface area contributed by atoms with Gasteiger partial charge in [-0.1, -0.05) is 59.6 Å². The molecule has 1 aliphatic rings. The van der Waals surface area contributed by atoms with Crippen LogP contribution < -0.4 is 15.0 Å². The lowest BCUT2D eigenvalue weighted by atomic mass is 9.87. The second kappa shape index (κ2) is 8.06. The van der Waals surface area contributed by atoms with E-state index in [0.717, 1.165) is 5.56 Å². The summed E-state index contributed by atoms with van der Waals surface area (Å²) in [6.07, 6.45) is 0. The zero-order valence-corrected chi connectivity index (χ0v) is 17.8. The quantitative estimate of drug-likeness (QED) is 0.636. The van der Waals surface area contributed by atoms with Gasteiger partial charge in [0.15, 0.2) is 5.60 Å². The highest BCUT2D eigenvalue weighted by molar-refractivity contribution is 6.31. The zero-order chi connectivity index (χ0) is 22.2. The van der Waals surface area contributed by atoms with Gasteiger partial charge in [0.25, 0.3) is 5.91 Å². The lowest BCUT2D eigenvalue weighted by Crippen LogP contribution is -2.44. The van der Waals surface area contributed by atoms with Crippen molar-refractivity contribution in [3.63, 3.8) is 0 Å². The molecular formula is C24H21ClN2O4. The Morgan fingerprint density at radius 3 is 2.65 bits per heavy atom. The van der Waals surface area contributed by atoms with Crippen LogP contribution in [0.2, 0.25) is 5.02 Å². The van der Waals surface area contributed by atoms with Crippen LogP contribution in [0.1, 0.15) is 16.7 Å². The number of nitrogens with one attached hydrogen (secondary N) is 1. The van der Waals surface area contributed by atoms with Gasteiger partial charge in [-0.05, 0) is 36.8 Å². The zero-order valence-electron chi connectivity index (χ0n) is 17.1. The Morgan fingerprint density at radius 1 is 1.13 bits per heavy atom. The summed E-state index contributed by atoms with van der Waals surface area (Å²) < 4.78 is 5.26. The third kappa shape index (κ3) is 3.65. The number of aryl methyl sites for hydroxylation is 1. The number of benzene rings is 3. The second-order valence-electron chi connectivity index (χ2n) is 7.38. The molecule has 1 atom stereocenters. The lowest BCUT2D eigenvalue weighted by molar-refractivity contribution is -0.133. The molecule has 3 aromatic carbocycles. The second-order valence-corrected chi connectivity index (χ2v) is 7.82. The maximum Gasteiger partial charge on any atom is 0.268 e. The number of fused-ring (bicyclic) bond motifs is 1. The summed E-state index contributed by atoms with van der Waals surface area (Å²) in [5.41, 5.74) is 0.846. The van der Waals surface area contributed by atoms with Crippen LogP contribution >= 0.6 is 11.6 Å². The number of carbonyl (C=O) groups is 2. The van der Waals surface area contributed by atoms with Crippen molar-refractivity contribution in [2.24, 2.45) is 0 Å². The van der Waals surface area contributed by atoms with Gasteiger partial charge in [0.2, 0.25) is 5.91 Å². The summed E-state index contributed by atoms with van der Waals surface area (Å²) in [5.74, 6) is -0.577. The lowest BCUT2D eigenvalue weighted by Gasteiger charge is -2.24. The SMILES string of the molecule is COc1ccc(Cl)cc1NC(=O)CN1C(=O)[C@@](O)(c2cccc(C)c2)c2ccccc21. The first-order valence-corrected chi connectivity index (χ1v) is 10.1. The van der Waals surface area contributed by atoms with Crippen LogP contribution in [0.4, 0.5) is 11.4 Å². The first-order chi connectivity index (χ1) is 14.8. The number of halogens is 1. The molecular weight excluding hydrogens is 416 g/mol. The van der Waals surface area contributed by atoms with Crippen molar-refractivity contribution in [3.05, 3.63) is 88.4 Å². The van der Waals surface area contributed by atoms with Gasteiger partial charge >= 0.3 is 0 Å². The van der Waals surface area contributed by atoms with Crippen molar-refractivity contribution >= 4 is 34.8 Å². The van der Waals surface area contributed by atoms with Gasteiger partial charge in [-0.2, -0.15) is 0 Å². The van der Waals surface area contributed by atoms with Gasteiger partial charge in [-0.25, -0.2) is 0 Å². The van der Waals surface area contributed by atoms with Crippen molar-refractivity contribution < 1.29 is 19.4 Å². The Labute approximate surface area is 185 Å². The van der Waals surface area contributed by atoms with E-state index in [2.05, 4.69) is 5.32 Å². The van der Waals surface area contributed by atoms with Crippen LogP contribution in [0.25, 0.3) is 0 Å². The summed E-state index contributed by atoms with van der Waals surface area (Å²) in [7, 11) is 1.49. The van der Waals surface area contributed by atoms with E-state index in [1.165, 1.54) is 12.0 Å². The van der Waals surface area contributed by atoms with Gasteiger partial charge in [0.1, 0.15) is 12.3 Å². The molecule has 2 N–H and O–H groups in total. The largest absolute Gasteiger partial charge is 0.495 e. The monoisotopic (exact) mass is 436 g/mol. The summed E-state index contributed by atoms with van der Waals surface area (Å²) >= 11 is 6.03. The minimum absolute atomic E-state index is 0.278. The predicted octanol–water partition coefficient (Wildman–Crippen LogP) is 3.88. The molecule has 0 aromatic heterocycles. The maximum atomic E-state index is 13.4. The van der Waals surface area contributed by atoms with E-state index in [4.69, 9.17) is 16.3 Å². The highest BCUT2D eigenvalue weighted by Crippen LogP contribution is 2.44. The van der Waals surface area contributed by atoms with E-state index in [0.29, 0.717) is 33.3 Å². The Hall–Kier alpha value is -3.35. The number of anilines is 2. The molecule has 0 saturated heterocycles. The fourth-order valence-corrected chi connectivity index (χ4v) is 4.02. The minimum Gasteiger partial charge on any atom is -0.495 e. The normalized spacial score (nSPS) is 17.4. The molecule has 7 heteroatoms. The number of para-hydroxylation sites is 1. The number of hydrogen-bond donors (Lipinski definition) is 2. The minimum atomic E-state index is -1.86. The average Bonchev–Trinajstić information content (AvgIpc) is 2.97. The van der Waals surface area contributed by atoms with Gasteiger partial charge < -0.3 is 15.2 Å². The van der Waals surface area contributed by atoms with Crippen LogP contribution in [-0.2, 0) is 15.2 Å². The molecule has 0 bridgehead atoms. The maximum absolute atomic E-state index is 13.4. The summed E-state index contributed by atoms with van der Waals surface area (Å²) in [5, 5.41) is 14.7. The molecule has 3 aromatic rings. The van der Waals surface area contributed by atoms with Crippen LogP contribution in [0.15, 0.2) is 66.7 Å².